The minimum Gasteiger partial charge on any atom is -0.487 e. The third-order valence-corrected chi connectivity index (χ3v) is 8.01. The van der Waals surface area contributed by atoms with Gasteiger partial charge in [-0.2, -0.15) is 4.31 Å². The summed E-state index contributed by atoms with van der Waals surface area (Å²) < 4.78 is 34.9. The predicted octanol–water partition coefficient (Wildman–Crippen LogP) is 3.17. The highest BCUT2D eigenvalue weighted by molar-refractivity contribution is 7.89. The van der Waals surface area contributed by atoms with E-state index in [1.165, 1.54) is 4.31 Å². The first kappa shape index (κ1) is 26.0. The van der Waals surface area contributed by atoms with E-state index in [0.717, 1.165) is 11.1 Å². The number of urea groups is 1. The lowest BCUT2D eigenvalue weighted by Crippen LogP contribution is -2.51. The molecule has 2 aromatic carbocycles. The average molecular weight is 490 g/mol. The summed E-state index contributed by atoms with van der Waals surface area (Å²) in [6, 6.07) is 13.9. The Morgan fingerprint density at radius 3 is 2.47 bits per heavy atom. The SMILES string of the molecule is CC(C)NC(=O)N(C)C[C@@H]1Oc2cc(-c3ccccc3)ccc2S(=O)(=O)N([C@H](C)CO)C[C@H]1C. The number of carbonyl (C=O) groups excluding carboxylic acids is 1. The van der Waals surface area contributed by atoms with Crippen LogP contribution in [0.3, 0.4) is 0 Å². The van der Waals surface area contributed by atoms with Crippen molar-refractivity contribution in [3.8, 4) is 16.9 Å². The average Bonchev–Trinajstić information content (AvgIpc) is 2.80. The second kappa shape index (κ2) is 10.8. The van der Waals surface area contributed by atoms with Crippen LogP contribution in [0, 0.1) is 5.92 Å². The first-order valence-corrected chi connectivity index (χ1v) is 13.0. The van der Waals surface area contributed by atoms with E-state index in [-0.39, 0.29) is 48.3 Å². The molecule has 0 saturated carbocycles. The van der Waals surface area contributed by atoms with Crippen molar-refractivity contribution in [2.24, 2.45) is 5.92 Å². The van der Waals surface area contributed by atoms with Crippen molar-refractivity contribution in [2.75, 3.05) is 26.7 Å². The van der Waals surface area contributed by atoms with Crippen molar-refractivity contribution in [3.05, 3.63) is 48.5 Å². The van der Waals surface area contributed by atoms with E-state index < -0.39 is 22.2 Å². The topological polar surface area (TPSA) is 99.2 Å². The summed E-state index contributed by atoms with van der Waals surface area (Å²) in [7, 11) is -2.22. The molecule has 0 aromatic heterocycles. The summed E-state index contributed by atoms with van der Waals surface area (Å²) in [5.74, 6) is -0.00248. The van der Waals surface area contributed by atoms with Crippen LogP contribution in [0.5, 0.6) is 5.75 Å². The molecule has 186 valence electrons. The molecule has 0 radical (unpaired) electrons. The van der Waals surface area contributed by atoms with E-state index in [0.29, 0.717) is 0 Å². The fourth-order valence-corrected chi connectivity index (χ4v) is 5.79. The molecule has 34 heavy (non-hydrogen) atoms. The molecule has 9 heteroatoms. The Morgan fingerprint density at radius 2 is 1.85 bits per heavy atom. The number of hydrogen-bond donors (Lipinski definition) is 2. The second-order valence-electron chi connectivity index (χ2n) is 9.25. The fourth-order valence-electron chi connectivity index (χ4n) is 3.96. The first-order valence-electron chi connectivity index (χ1n) is 11.5. The van der Waals surface area contributed by atoms with Gasteiger partial charge in [0.05, 0.1) is 13.2 Å². The molecule has 0 spiro atoms. The Morgan fingerprint density at radius 1 is 1.18 bits per heavy atom. The van der Waals surface area contributed by atoms with E-state index in [4.69, 9.17) is 4.74 Å². The standard InChI is InChI=1S/C25H35N3O5S/c1-17(2)26-25(30)27(5)15-23-18(3)14-28(19(4)16-29)34(31,32)24-12-11-21(13-22(24)33-23)20-9-7-6-8-10-20/h6-13,17-19,23,29H,14-16H2,1-5H3,(H,26,30)/t18-,19-,23+/m1/s1. The zero-order valence-electron chi connectivity index (χ0n) is 20.4. The van der Waals surface area contributed by atoms with Crippen LogP contribution in [0.1, 0.15) is 27.7 Å². The van der Waals surface area contributed by atoms with Crippen LogP contribution >= 0.6 is 0 Å². The third kappa shape index (κ3) is 5.71. The van der Waals surface area contributed by atoms with Gasteiger partial charge in [-0.3, -0.25) is 0 Å². The lowest BCUT2D eigenvalue weighted by molar-refractivity contribution is 0.0810. The van der Waals surface area contributed by atoms with Crippen LogP contribution in [-0.4, -0.2) is 73.7 Å². The third-order valence-electron chi connectivity index (χ3n) is 5.99. The van der Waals surface area contributed by atoms with Gasteiger partial charge in [-0.05, 0) is 44.0 Å². The number of nitrogens with one attached hydrogen (secondary N) is 1. The lowest BCUT2D eigenvalue weighted by Gasteiger charge is -2.37. The maximum atomic E-state index is 13.6. The van der Waals surface area contributed by atoms with Crippen molar-refractivity contribution < 1.29 is 23.1 Å². The number of aliphatic hydroxyl groups excluding tert-OH is 1. The molecule has 3 atom stereocenters. The summed E-state index contributed by atoms with van der Waals surface area (Å²) in [6.45, 7) is 7.50. The summed E-state index contributed by atoms with van der Waals surface area (Å²) >= 11 is 0. The molecule has 2 N–H and O–H groups in total. The zero-order chi connectivity index (χ0) is 25.0. The maximum absolute atomic E-state index is 13.6. The van der Waals surface area contributed by atoms with Gasteiger partial charge in [0.15, 0.2) is 0 Å². The summed E-state index contributed by atoms with van der Waals surface area (Å²) in [5, 5.41) is 12.6. The van der Waals surface area contributed by atoms with Gasteiger partial charge in [0.2, 0.25) is 10.0 Å². The molecule has 0 aliphatic carbocycles. The van der Waals surface area contributed by atoms with Gasteiger partial charge in [0.25, 0.3) is 0 Å². The Hall–Kier alpha value is -2.62. The summed E-state index contributed by atoms with van der Waals surface area (Å²) in [5.41, 5.74) is 1.76. The molecule has 0 saturated heterocycles. The molecule has 1 aliphatic rings. The molecule has 2 aromatic rings. The van der Waals surface area contributed by atoms with Gasteiger partial charge in [0, 0.05) is 31.6 Å². The number of aliphatic hydroxyl groups is 1. The van der Waals surface area contributed by atoms with Crippen LogP contribution in [0.25, 0.3) is 11.1 Å². The van der Waals surface area contributed by atoms with Crippen LogP contribution < -0.4 is 10.1 Å². The predicted molar refractivity (Wildman–Crippen MR) is 132 cm³/mol. The minimum absolute atomic E-state index is 0.00850. The quantitative estimate of drug-likeness (QED) is 0.649. The molecular formula is C25H35N3O5S. The van der Waals surface area contributed by atoms with Crippen LogP contribution in [0.4, 0.5) is 4.79 Å². The van der Waals surface area contributed by atoms with Gasteiger partial charge in [-0.15, -0.1) is 0 Å². The number of sulfonamides is 1. The van der Waals surface area contributed by atoms with Gasteiger partial charge in [-0.25, -0.2) is 13.2 Å². The zero-order valence-corrected chi connectivity index (χ0v) is 21.2. The van der Waals surface area contributed by atoms with Crippen LogP contribution in [-0.2, 0) is 10.0 Å². The van der Waals surface area contributed by atoms with E-state index >= 15 is 0 Å². The first-order chi connectivity index (χ1) is 16.0. The van der Waals surface area contributed by atoms with Crippen molar-refractivity contribution in [2.45, 2.75) is 50.8 Å². The van der Waals surface area contributed by atoms with Crippen LogP contribution in [0.2, 0.25) is 0 Å². The molecule has 0 unspecified atom stereocenters. The van der Waals surface area contributed by atoms with Gasteiger partial charge in [0.1, 0.15) is 16.7 Å². The van der Waals surface area contributed by atoms with Crippen molar-refractivity contribution in [3.63, 3.8) is 0 Å². The maximum Gasteiger partial charge on any atom is 0.317 e. The van der Waals surface area contributed by atoms with Crippen molar-refractivity contribution in [1.29, 1.82) is 0 Å². The normalized spacial score (nSPS) is 21.0. The van der Waals surface area contributed by atoms with Gasteiger partial charge < -0.3 is 20.1 Å². The number of likely N-dealkylation sites (N-methyl/N-ethyl adjacent to an activating group) is 1. The number of carbonyl (C=O) groups is 1. The Balaban J connectivity index is 2.06. The Bertz CT molecular complexity index is 1090. The molecule has 0 fully saturated rings. The van der Waals surface area contributed by atoms with E-state index in [9.17, 15) is 18.3 Å². The monoisotopic (exact) mass is 489 g/mol. The molecular weight excluding hydrogens is 454 g/mol. The molecule has 0 bridgehead atoms. The highest BCUT2D eigenvalue weighted by Gasteiger charge is 2.38. The van der Waals surface area contributed by atoms with Gasteiger partial charge in [-0.1, -0.05) is 43.3 Å². The molecule has 2 amide bonds. The van der Waals surface area contributed by atoms with Gasteiger partial charge >= 0.3 is 6.03 Å². The number of benzene rings is 2. The van der Waals surface area contributed by atoms with Crippen molar-refractivity contribution >= 4 is 16.1 Å². The smallest absolute Gasteiger partial charge is 0.317 e. The Kier molecular flexibility index (Phi) is 8.22. The second-order valence-corrected chi connectivity index (χ2v) is 11.1. The number of nitrogens with zero attached hydrogens (tertiary/aromatic N) is 2. The molecule has 8 nitrogen and oxygen atoms in total. The van der Waals surface area contributed by atoms with E-state index in [2.05, 4.69) is 5.32 Å². The number of ether oxygens (including phenoxy) is 1. The fraction of sp³-hybridized carbons (Fsp3) is 0.480. The van der Waals surface area contributed by atoms with Crippen LogP contribution in [0.15, 0.2) is 53.4 Å². The number of hydrogen-bond acceptors (Lipinski definition) is 5. The molecule has 1 heterocycles. The number of amides is 2. The highest BCUT2D eigenvalue weighted by Crippen LogP contribution is 2.36. The summed E-state index contributed by atoms with van der Waals surface area (Å²) in [6.07, 6.45) is -0.462. The highest BCUT2D eigenvalue weighted by atomic mass is 32.2. The summed E-state index contributed by atoms with van der Waals surface area (Å²) in [4.78, 5) is 14.1. The largest absolute Gasteiger partial charge is 0.487 e. The lowest BCUT2D eigenvalue weighted by atomic mass is 10.0. The minimum atomic E-state index is -3.91. The Labute approximate surface area is 202 Å². The number of fused-ring (bicyclic) bond motifs is 1. The number of rotatable bonds is 6. The van der Waals surface area contributed by atoms with E-state index in [1.807, 2.05) is 51.1 Å². The van der Waals surface area contributed by atoms with Crippen molar-refractivity contribution in [1.82, 2.24) is 14.5 Å². The molecule has 3 rings (SSSR count). The van der Waals surface area contributed by atoms with E-state index in [1.54, 1.807) is 37.1 Å². The molecule has 1 aliphatic heterocycles.